The Balaban J connectivity index is 1.57. The zero-order valence-electron chi connectivity index (χ0n) is 13.7. The summed E-state index contributed by atoms with van der Waals surface area (Å²) in [6, 6.07) is 5.72. The second kappa shape index (κ2) is 5.72. The highest BCUT2D eigenvalue weighted by molar-refractivity contribution is 5.65. The number of likely N-dealkylation sites (tertiary alicyclic amines) is 1. The first-order chi connectivity index (χ1) is 11.8. The fraction of sp³-hybridized carbons (Fsp3) is 0.588. The maximum atomic E-state index is 14.5. The van der Waals surface area contributed by atoms with Gasteiger partial charge in [0.1, 0.15) is 12.4 Å². The smallest absolute Gasteiger partial charge is 0.407 e. The van der Waals surface area contributed by atoms with Crippen LogP contribution in [0.2, 0.25) is 0 Å². The SMILES string of the molecule is N[C@H]1COc2cc(N3CC4CN(C(=O)O)CC(C3)C4(F)F)ccc2C1. The Morgan fingerprint density at radius 2 is 1.92 bits per heavy atom. The fourth-order valence-corrected chi connectivity index (χ4v) is 4.10. The first-order valence-corrected chi connectivity index (χ1v) is 8.46. The molecule has 1 amide bonds. The second-order valence-corrected chi connectivity index (χ2v) is 7.23. The lowest BCUT2D eigenvalue weighted by molar-refractivity contribution is -0.151. The van der Waals surface area contributed by atoms with Crippen molar-refractivity contribution in [3.63, 3.8) is 0 Å². The number of hydrogen-bond acceptors (Lipinski definition) is 4. The van der Waals surface area contributed by atoms with Crippen molar-refractivity contribution in [2.24, 2.45) is 17.6 Å². The molecule has 0 spiro atoms. The van der Waals surface area contributed by atoms with Crippen LogP contribution in [0.15, 0.2) is 18.2 Å². The highest BCUT2D eigenvalue weighted by atomic mass is 19.3. The summed E-state index contributed by atoms with van der Waals surface area (Å²) < 4.78 is 34.6. The molecule has 1 aromatic rings. The van der Waals surface area contributed by atoms with Crippen molar-refractivity contribution in [2.45, 2.75) is 18.4 Å². The molecule has 1 aromatic carbocycles. The summed E-state index contributed by atoms with van der Waals surface area (Å²) in [5.41, 5.74) is 7.75. The Hall–Kier alpha value is -2.09. The van der Waals surface area contributed by atoms with Crippen LogP contribution in [0.3, 0.4) is 0 Å². The Morgan fingerprint density at radius 3 is 2.56 bits per heavy atom. The number of nitrogens with zero attached hydrogens (tertiary/aromatic N) is 2. The Kier molecular flexibility index (Phi) is 3.75. The number of nitrogens with two attached hydrogens (primary N) is 1. The van der Waals surface area contributed by atoms with Gasteiger partial charge in [-0.1, -0.05) is 6.07 Å². The van der Waals surface area contributed by atoms with Gasteiger partial charge in [-0.3, -0.25) is 0 Å². The van der Waals surface area contributed by atoms with E-state index in [0.717, 1.165) is 28.3 Å². The number of hydrogen-bond donors (Lipinski definition) is 2. The number of alkyl halides is 2. The van der Waals surface area contributed by atoms with Crippen LogP contribution < -0.4 is 15.4 Å². The first-order valence-electron chi connectivity index (χ1n) is 8.46. The topological polar surface area (TPSA) is 79.0 Å². The molecule has 3 heterocycles. The second-order valence-electron chi connectivity index (χ2n) is 7.23. The number of carboxylic acid groups (broad SMARTS) is 1. The highest BCUT2D eigenvalue weighted by Gasteiger charge is 2.56. The Morgan fingerprint density at radius 1 is 1.24 bits per heavy atom. The lowest BCUT2D eigenvalue weighted by Crippen LogP contribution is -2.64. The van der Waals surface area contributed by atoms with Crippen molar-refractivity contribution in [1.29, 1.82) is 0 Å². The maximum absolute atomic E-state index is 14.5. The van der Waals surface area contributed by atoms with Gasteiger partial charge in [0, 0.05) is 44.0 Å². The number of ether oxygens (including phenoxy) is 1. The van der Waals surface area contributed by atoms with E-state index in [2.05, 4.69) is 0 Å². The standard InChI is InChI=1S/C17H21F2N3O3/c18-17(19)11-5-21(6-12(17)8-22(7-11)16(23)24)14-2-1-10-3-13(20)9-25-15(10)4-14/h1-2,4,11-13H,3,5-9,20H2,(H,23,24)/t11?,12?,13-/m1/s1. The van der Waals surface area contributed by atoms with Gasteiger partial charge in [0.25, 0.3) is 5.92 Å². The van der Waals surface area contributed by atoms with Gasteiger partial charge in [-0.05, 0) is 18.1 Å². The third kappa shape index (κ3) is 2.78. The van der Waals surface area contributed by atoms with Crippen molar-refractivity contribution >= 4 is 11.8 Å². The van der Waals surface area contributed by atoms with E-state index < -0.39 is 23.9 Å². The van der Waals surface area contributed by atoms with Gasteiger partial charge in [0.2, 0.25) is 0 Å². The maximum Gasteiger partial charge on any atom is 0.407 e. The minimum atomic E-state index is -2.83. The Labute approximate surface area is 144 Å². The van der Waals surface area contributed by atoms with Crippen molar-refractivity contribution in [1.82, 2.24) is 4.90 Å². The normalized spacial score (nSPS) is 30.4. The van der Waals surface area contributed by atoms with Gasteiger partial charge < -0.3 is 25.4 Å². The van der Waals surface area contributed by atoms with Crippen molar-refractivity contribution in [3.05, 3.63) is 23.8 Å². The zero-order valence-corrected chi connectivity index (χ0v) is 13.7. The number of carbonyl (C=O) groups is 1. The molecule has 3 aliphatic rings. The third-order valence-electron chi connectivity index (χ3n) is 5.47. The van der Waals surface area contributed by atoms with E-state index in [0.29, 0.717) is 6.61 Å². The predicted octanol–water partition coefficient (Wildman–Crippen LogP) is 1.63. The summed E-state index contributed by atoms with van der Waals surface area (Å²) in [6.45, 7) is 0.446. The predicted molar refractivity (Wildman–Crippen MR) is 87.4 cm³/mol. The Bertz CT molecular complexity index is 682. The molecule has 3 aliphatic heterocycles. The van der Waals surface area contributed by atoms with Crippen LogP contribution in [-0.4, -0.2) is 60.8 Å². The molecule has 0 aliphatic carbocycles. The van der Waals surface area contributed by atoms with Crippen LogP contribution in [0.4, 0.5) is 19.3 Å². The molecule has 0 saturated carbocycles. The quantitative estimate of drug-likeness (QED) is 0.802. The van der Waals surface area contributed by atoms with Crippen LogP contribution in [0, 0.1) is 11.8 Å². The van der Waals surface area contributed by atoms with Crippen LogP contribution in [0.5, 0.6) is 5.75 Å². The minimum Gasteiger partial charge on any atom is -0.492 e. The van der Waals surface area contributed by atoms with E-state index in [-0.39, 0.29) is 32.2 Å². The van der Waals surface area contributed by atoms with Gasteiger partial charge in [-0.2, -0.15) is 0 Å². The van der Waals surface area contributed by atoms with Gasteiger partial charge in [-0.15, -0.1) is 0 Å². The molecule has 3 N–H and O–H groups in total. The lowest BCUT2D eigenvalue weighted by atomic mass is 9.80. The molecule has 25 heavy (non-hydrogen) atoms. The minimum absolute atomic E-state index is 0.0200. The molecule has 2 bridgehead atoms. The first kappa shape index (κ1) is 16.4. The molecular formula is C17H21F2N3O3. The van der Waals surface area contributed by atoms with Crippen molar-refractivity contribution < 1.29 is 23.4 Å². The summed E-state index contributed by atoms with van der Waals surface area (Å²) in [5, 5.41) is 9.14. The molecule has 4 rings (SSSR count). The summed E-state index contributed by atoms with van der Waals surface area (Å²) >= 11 is 0. The van der Waals surface area contributed by atoms with Gasteiger partial charge >= 0.3 is 6.09 Å². The number of fused-ring (bicyclic) bond motifs is 3. The summed E-state index contributed by atoms with van der Waals surface area (Å²) in [7, 11) is 0. The summed E-state index contributed by atoms with van der Waals surface area (Å²) in [6.07, 6.45) is -0.385. The number of halogens is 2. The average Bonchev–Trinajstić information content (AvgIpc) is 2.53. The molecule has 6 nitrogen and oxygen atoms in total. The number of piperidine rings is 2. The number of amides is 1. The number of benzene rings is 1. The molecule has 8 heteroatoms. The molecular weight excluding hydrogens is 332 g/mol. The van der Waals surface area contributed by atoms with E-state index >= 15 is 0 Å². The molecule has 2 fully saturated rings. The van der Waals surface area contributed by atoms with Crippen LogP contribution in [-0.2, 0) is 6.42 Å². The van der Waals surface area contributed by atoms with Gasteiger partial charge in [-0.25, -0.2) is 13.6 Å². The number of anilines is 1. The van der Waals surface area contributed by atoms with E-state index in [9.17, 15) is 13.6 Å². The fourth-order valence-electron chi connectivity index (χ4n) is 4.10. The van der Waals surface area contributed by atoms with Crippen LogP contribution >= 0.6 is 0 Å². The summed E-state index contributed by atoms with van der Waals surface area (Å²) in [4.78, 5) is 14.2. The van der Waals surface area contributed by atoms with E-state index in [1.165, 1.54) is 0 Å². The molecule has 2 saturated heterocycles. The molecule has 0 radical (unpaired) electrons. The summed E-state index contributed by atoms with van der Waals surface area (Å²) in [5.74, 6) is -4.07. The third-order valence-corrected chi connectivity index (χ3v) is 5.47. The highest BCUT2D eigenvalue weighted by Crippen LogP contribution is 2.44. The van der Waals surface area contributed by atoms with Gasteiger partial charge in [0.05, 0.1) is 11.8 Å². The van der Waals surface area contributed by atoms with Crippen LogP contribution in [0.25, 0.3) is 0 Å². The average molecular weight is 353 g/mol. The monoisotopic (exact) mass is 353 g/mol. The van der Waals surface area contributed by atoms with E-state index in [1.807, 2.05) is 23.1 Å². The largest absolute Gasteiger partial charge is 0.492 e. The van der Waals surface area contributed by atoms with E-state index in [1.54, 1.807) is 0 Å². The molecule has 3 atom stereocenters. The van der Waals surface area contributed by atoms with Gasteiger partial charge in [0.15, 0.2) is 0 Å². The number of rotatable bonds is 1. The van der Waals surface area contributed by atoms with Crippen molar-refractivity contribution in [3.8, 4) is 5.75 Å². The molecule has 0 aromatic heterocycles. The molecule has 136 valence electrons. The zero-order chi connectivity index (χ0) is 17.8. The van der Waals surface area contributed by atoms with Crippen molar-refractivity contribution in [2.75, 3.05) is 37.7 Å². The molecule has 2 unspecified atom stereocenters. The lowest BCUT2D eigenvalue weighted by Gasteiger charge is -2.50. The van der Waals surface area contributed by atoms with Crippen LogP contribution in [0.1, 0.15) is 5.56 Å². The van der Waals surface area contributed by atoms with E-state index in [4.69, 9.17) is 15.6 Å².